The molecule has 0 bridgehead atoms. The van der Waals surface area contributed by atoms with E-state index in [1.54, 1.807) is 6.20 Å². The van der Waals surface area contributed by atoms with Crippen LogP contribution in [0.15, 0.2) is 18.3 Å². The van der Waals surface area contributed by atoms with Crippen LogP contribution in [0.3, 0.4) is 0 Å². The van der Waals surface area contributed by atoms with Gasteiger partial charge in [0.25, 0.3) is 6.43 Å². The van der Waals surface area contributed by atoms with Gasteiger partial charge in [-0.25, -0.2) is 8.78 Å². The molecule has 16 heavy (non-hydrogen) atoms. The van der Waals surface area contributed by atoms with E-state index in [4.69, 9.17) is 4.74 Å². The van der Waals surface area contributed by atoms with Gasteiger partial charge in [0.15, 0.2) is 0 Å². The highest BCUT2D eigenvalue weighted by molar-refractivity contribution is 5.12. The second-order valence-electron chi connectivity index (χ2n) is 3.45. The predicted octanol–water partition coefficient (Wildman–Crippen LogP) is 1.76. The number of aryl methyl sites for hydroxylation is 1. The third-order valence-corrected chi connectivity index (χ3v) is 1.97. The number of ether oxygens (including phenoxy) is 1. The minimum absolute atomic E-state index is 0.295. The molecule has 1 rings (SSSR count). The first-order chi connectivity index (χ1) is 7.68. The number of nitrogens with one attached hydrogen (secondary N) is 1. The maximum atomic E-state index is 11.7. The first-order valence-electron chi connectivity index (χ1n) is 5.16. The fourth-order valence-corrected chi connectivity index (χ4v) is 1.15. The Balaban J connectivity index is 2.05. The van der Waals surface area contributed by atoms with Gasteiger partial charge in [-0.1, -0.05) is 6.07 Å². The van der Waals surface area contributed by atoms with E-state index in [1.807, 2.05) is 19.1 Å². The van der Waals surface area contributed by atoms with E-state index < -0.39 is 13.0 Å². The molecule has 5 heteroatoms. The van der Waals surface area contributed by atoms with Gasteiger partial charge in [0, 0.05) is 25.0 Å². The molecule has 0 saturated heterocycles. The molecule has 0 aliphatic heterocycles. The van der Waals surface area contributed by atoms with Crippen LogP contribution in [0.2, 0.25) is 0 Å². The topological polar surface area (TPSA) is 34.1 Å². The van der Waals surface area contributed by atoms with Crippen LogP contribution >= 0.6 is 0 Å². The minimum Gasteiger partial charge on any atom is -0.374 e. The number of halogens is 2. The highest BCUT2D eigenvalue weighted by Gasteiger charge is 2.00. The van der Waals surface area contributed by atoms with Gasteiger partial charge in [-0.05, 0) is 18.6 Å². The molecule has 0 unspecified atom stereocenters. The molecular formula is C11H16F2N2O. The van der Waals surface area contributed by atoms with Crippen molar-refractivity contribution < 1.29 is 13.5 Å². The average molecular weight is 230 g/mol. The highest BCUT2D eigenvalue weighted by atomic mass is 19.3. The van der Waals surface area contributed by atoms with Gasteiger partial charge >= 0.3 is 0 Å². The molecule has 0 fully saturated rings. The normalized spacial score (nSPS) is 11.0. The van der Waals surface area contributed by atoms with E-state index in [1.165, 1.54) is 0 Å². The molecule has 1 heterocycles. The standard InChI is InChI=1S/C11H16F2N2O/c1-9-2-3-10(7-15-9)6-14-4-5-16-8-11(12)13/h2-3,7,11,14H,4-6,8H2,1H3. The molecule has 0 spiro atoms. The summed E-state index contributed by atoms with van der Waals surface area (Å²) < 4.78 is 28.1. The molecule has 0 atom stereocenters. The highest BCUT2D eigenvalue weighted by Crippen LogP contribution is 1.98. The Morgan fingerprint density at radius 1 is 1.44 bits per heavy atom. The van der Waals surface area contributed by atoms with Crippen LogP contribution in [0.25, 0.3) is 0 Å². The summed E-state index contributed by atoms with van der Waals surface area (Å²) in [5, 5.41) is 3.08. The van der Waals surface area contributed by atoms with Crippen LogP contribution in [0.1, 0.15) is 11.3 Å². The Kier molecular flexibility index (Phi) is 5.88. The molecule has 0 saturated carbocycles. The number of hydrogen-bond acceptors (Lipinski definition) is 3. The fourth-order valence-electron chi connectivity index (χ4n) is 1.15. The summed E-state index contributed by atoms with van der Waals surface area (Å²) in [4.78, 5) is 4.15. The molecule has 90 valence electrons. The Morgan fingerprint density at radius 2 is 2.25 bits per heavy atom. The lowest BCUT2D eigenvalue weighted by Crippen LogP contribution is -2.20. The number of hydrogen-bond donors (Lipinski definition) is 1. The zero-order valence-electron chi connectivity index (χ0n) is 9.25. The van der Waals surface area contributed by atoms with E-state index in [2.05, 4.69) is 10.3 Å². The molecule has 3 nitrogen and oxygen atoms in total. The quantitative estimate of drug-likeness (QED) is 0.725. The van der Waals surface area contributed by atoms with Crippen molar-refractivity contribution in [2.24, 2.45) is 0 Å². The summed E-state index contributed by atoms with van der Waals surface area (Å²) in [6.45, 7) is 2.96. The van der Waals surface area contributed by atoms with E-state index in [-0.39, 0.29) is 0 Å². The summed E-state index contributed by atoms with van der Waals surface area (Å²) >= 11 is 0. The summed E-state index contributed by atoms with van der Waals surface area (Å²) in [5.41, 5.74) is 2.04. The molecule has 0 radical (unpaired) electrons. The Hall–Kier alpha value is -1.07. The van der Waals surface area contributed by atoms with Crippen molar-refractivity contribution >= 4 is 0 Å². The van der Waals surface area contributed by atoms with E-state index in [0.717, 1.165) is 11.3 Å². The average Bonchev–Trinajstić information content (AvgIpc) is 2.25. The van der Waals surface area contributed by atoms with Crippen LogP contribution in [0.5, 0.6) is 0 Å². The largest absolute Gasteiger partial charge is 0.374 e. The third kappa shape index (κ3) is 5.72. The lowest BCUT2D eigenvalue weighted by molar-refractivity contribution is 0.0187. The Morgan fingerprint density at radius 3 is 2.88 bits per heavy atom. The first-order valence-corrected chi connectivity index (χ1v) is 5.16. The van der Waals surface area contributed by atoms with Crippen LogP contribution < -0.4 is 5.32 Å². The lowest BCUT2D eigenvalue weighted by atomic mass is 10.2. The van der Waals surface area contributed by atoms with Gasteiger partial charge < -0.3 is 10.1 Å². The van der Waals surface area contributed by atoms with Crippen LogP contribution in [0.4, 0.5) is 8.78 Å². The maximum Gasteiger partial charge on any atom is 0.261 e. The van der Waals surface area contributed by atoms with Crippen molar-refractivity contribution in [3.8, 4) is 0 Å². The van der Waals surface area contributed by atoms with Crippen molar-refractivity contribution in [3.63, 3.8) is 0 Å². The van der Waals surface area contributed by atoms with Crippen LogP contribution in [-0.4, -0.2) is 31.2 Å². The summed E-state index contributed by atoms with van der Waals surface area (Å²) in [5.74, 6) is 0. The van der Waals surface area contributed by atoms with Gasteiger partial charge in [-0.3, -0.25) is 4.98 Å². The van der Waals surface area contributed by atoms with Crippen molar-refractivity contribution in [1.29, 1.82) is 0 Å². The summed E-state index contributed by atoms with van der Waals surface area (Å²) in [7, 11) is 0. The third-order valence-electron chi connectivity index (χ3n) is 1.97. The lowest BCUT2D eigenvalue weighted by Gasteiger charge is -2.05. The number of alkyl halides is 2. The number of aromatic nitrogens is 1. The van der Waals surface area contributed by atoms with Crippen molar-refractivity contribution in [3.05, 3.63) is 29.6 Å². The van der Waals surface area contributed by atoms with E-state index in [0.29, 0.717) is 19.7 Å². The summed E-state index contributed by atoms with van der Waals surface area (Å²) in [6.07, 6.45) is -0.594. The molecular weight excluding hydrogens is 214 g/mol. The van der Waals surface area contributed by atoms with Crippen molar-refractivity contribution in [2.45, 2.75) is 19.9 Å². The van der Waals surface area contributed by atoms with Crippen LogP contribution in [0, 0.1) is 6.92 Å². The zero-order chi connectivity index (χ0) is 11.8. The maximum absolute atomic E-state index is 11.7. The SMILES string of the molecule is Cc1ccc(CNCCOCC(F)F)cn1. The van der Waals surface area contributed by atoms with Crippen molar-refractivity contribution in [2.75, 3.05) is 19.8 Å². The Labute approximate surface area is 93.8 Å². The molecule has 0 aliphatic rings. The molecule has 1 N–H and O–H groups in total. The molecule has 1 aromatic heterocycles. The minimum atomic E-state index is -2.39. The number of pyridine rings is 1. The van der Waals surface area contributed by atoms with E-state index >= 15 is 0 Å². The second-order valence-corrected chi connectivity index (χ2v) is 3.45. The zero-order valence-corrected chi connectivity index (χ0v) is 9.25. The predicted molar refractivity (Wildman–Crippen MR) is 57.5 cm³/mol. The number of nitrogens with zero attached hydrogens (tertiary/aromatic N) is 1. The monoisotopic (exact) mass is 230 g/mol. The van der Waals surface area contributed by atoms with Gasteiger partial charge in [0.05, 0.1) is 6.61 Å². The van der Waals surface area contributed by atoms with Crippen LogP contribution in [-0.2, 0) is 11.3 Å². The van der Waals surface area contributed by atoms with E-state index in [9.17, 15) is 8.78 Å². The molecule has 0 aliphatic carbocycles. The fraction of sp³-hybridized carbons (Fsp3) is 0.545. The molecule has 0 amide bonds. The summed E-state index contributed by atoms with van der Waals surface area (Å²) in [6, 6.07) is 3.92. The molecule has 0 aromatic carbocycles. The van der Waals surface area contributed by atoms with Gasteiger partial charge in [-0.15, -0.1) is 0 Å². The van der Waals surface area contributed by atoms with Gasteiger partial charge in [-0.2, -0.15) is 0 Å². The number of rotatable bonds is 7. The van der Waals surface area contributed by atoms with Crippen molar-refractivity contribution in [1.82, 2.24) is 10.3 Å². The van der Waals surface area contributed by atoms with Gasteiger partial charge in [0.2, 0.25) is 0 Å². The first kappa shape index (κ1) is 13.0. The second kappa shape index (κ2) is 7.24. The Bertz CT molecular complexity index is 291. The molecule has 1 aromatic rings. The van der Waals surface area contributed by atoms with Gasteiger partial charge in [0.1, 0.15) is 6.61 Å². The smallest absolute Gasteiger partial charge is 0.261 e.